The minimum Gasteiger partial charge on any atom is -0.318 e. The average Bonchev–Trinajstić information content (AvgIpc) is 3.15. The van der Waals surface area contributed by atoms with E-state index in [0.717, 1.165) is 42.5 Å². The summed E-state index contributed by atoms with van der Waals surface area (Å²) in [5, 5.41) is 4.13. The summed E-state index contributed by atoms with van der Waals surface area (Å²) in [6.45, 7) is 7.33. The Morgan fingerprint density at radius 3 is 2.21 bits per heavy atom. The average molecular weight is 594 g/mol. The Morgan fingerprint density at radius 1 is 0.947 bits per heavy atom. The lowest BCUT2D eigenvalue weighted by molar-refractivity contribution is -0.119. The van der Waals surface area contributed by atoms with Crippen molar-refractivity contribution >= 4 is 43.8 Å². The van der Waals surface area contributed by atoms with Gasteiger partial charge in [-0.15, -0.1) is 0 Å². The molecule has 1 N–H and O–H groups in total. The zero-order chi connectivity index (χ0) is 27.4. The van der Waals surface area contributed by atoms with E-state index < -0.39 is 22.5 Å². The van der Waals surface area contributed by atoms with Crippen molar-refractivity contribution in [1.29, 1.82) is 0 Å². The lowest BCUT2D eigenvalue weighted by Crippen LogP contribution is -2.39. The monoisotopic (exact) mass is 592 g/mol. The smallest absolute Gasteiger partial charge is 0.264 e. The molecular weight excluding hydrogens is 564 g/mol. The molecule has 0 aliphatic carbocycles. The minimum absolute atomic E-state index is 0.107. The van der Waals surface area contributed by atoms with Gasteiger partial charge >= 0.3 is 0 Å². The number of nitrogens with zero attached hydrogens (tertiary/aromatic N) is 3. The van der Waals surface area contributed by atoms with Crippen LogP contribution in [0.15, 0.2) is 93.3 Å². The highest BCUT2D eigenvalue weighted by atomic mass is 79.9. The first-order valence-electron chi connectivity index (χ1n) is 12.0. The molecule has 1 aromatic heterocycles. The van der Waals surface area contributed by atoms with E-state index in [-0.39, 0.29) is 4.90 Å². The number of aromatic nitrogens is 1. The number of nitrogens with one attached hydrogen (secondary N) is 1. The SMILES string of the molecule is Cc1cc(C)cc(N(CC(=O)N/N=C\c2cc(C)n(-c3ccc(Br)cc3)c2C)S(=O)(=O)c2ccccc2)c1. The first-order valence-corrected chi connectivity index (χ1v) is 14.2. The van der Waals surface area contributed by atoms with Gasteiger partial charge in [-0.1, -0.05) is 40.2 Å². The van der Waals surface area contributed by atoms with Gasteiger partial charge in [0.25, 0.3) is 15.9 Å². The van der Waals surface area contributed by atoms with Gasteiger partial charge in [-0.2, -0.15) is 5.10 Å². The molecule has 1 amide bonds. The Balaban J connectivity index is 1.56. The molecule has 0 aliphatic heterocycles. The van der Waals surface area contributed by atoms with E-state index in [2.05, 4.69) is 31.0 Å². The molecule has 1 heterocycles. The van der Waals surface area contributed by atoms with Gasteiger partial charge in [0.2, 0.25) is 0 Å². The quantitative estimate of drug-likeness (QED) is 0.207. The van der Waals surface area contributed by atoms with Crippen molar-refractivity contribution in [1.82, 2.24) is 9.99 Å². The van der Waals surface area contributed by atoms with Crippen LogP contribution in [0, 0.1) is 27.7 Å². The molecule has 4 rings (SSSR count). The molecule has 0 radical (unpaired) electrons. The summed E-state index contributed by atoms with van der Waals surface area (Å²) in [4.78, 5) is 13.0. The number of benzene rings is 3. The van der Waals surface area contributed by atoms with Gasteiger partial charge in [0, 0.05) is 27.1 Å². The Bertz CT molecular complexity index is 1570. The van der Waals surface area contributed by atoms with E-state index in [0.29, 0.717) is 5.69 Å². The highest BCUT2D eigenvalue weighted by molar-refractivity contribution is 9.10. The van der Waals surface area contributed by atoms with Crippen molar-refractivity contribution < 1.29 is 13.2 Å². The zero-order valence-electron chi connectivity index (χ0n) is 21.6. The molecule has 196 valence electrons. The standard InChI is InChI=1S/C29H29BrN4O3S/c1-20-14-21(2)16-27(15-20)33(38(36,37)28-8-6-5-7-9-28)19-29(35)32-31-18-24-17-22(3)34(23(24)4)26-12-10-25(30)11-13-26/h5-18H,19H2,1-4H3,(H,32,35)/b31-18-. The number of hydrogen-bond donors (Lipinski definition) is 1. The largest absolute Gasteiger partial charge is 0.318 e. The third-order valence-electron chi connectivity index (χ3n) is 6.06. The second-order valence-electron chi connectivity index (χ2n) is 9.10. The molecule has 0 saturated heterocycles. The van der Waals surface area contributed by atoms with Crippen LogP contribution in [-0.4, -0.2) is 31.7 Å². The summed E-state index contributed by atoms with van der Waals surface area (Å²) in [7, 11) is -3.99. The van der Waals surface area contributed by atoms with Crippen molar-refractivity contribution in [3.05, 3.63) is 111 Å². The van der Waals surface area contributed by atoms with Gasteiger partial charge in [-0.3, -0.25) is 9.10 Å². The maximum absolute atomic E-state index is 13.5. The Kier molecular flexibility index (Phi) is 8.18. The molecule has 0 unspecified atom stereocenters. The second kappa shape index (κ2) is 11.4. The van der Waals surface area contributed by atoms with Crippen LogP contribution in [0.1, 0.15) is 28.1 Å². The number of hydrogen-bond acceptors (Lipinski definition) is 4. The predicted molar refractivity (Wildman–Crippen MR) is 156 cm³/mol. The number of anilines is 1. The van der Waals surface area contributed by atoms with Crippen molar-refractivity contribution in [2.75, 3.05) is 10.8 Å². The van der Waals surface area contributed by atoms with Crippen LogP contribution < -0.4 is 9.73 Å². The highest BCUT2D eigenvalue weighted by Gasteiger charge is 2.27. The maximum atomic E-state index is 13.5. The van der Waals surface area contributed by atoms with Crippen molar-refractivity contribution in [2.45, 2.75) is 32.6 Å². The van der Waals surface area contributed by atoms with Crippen LogP contribution >= 0.6 is 15.9 Å². The molecule has 0 spiro atoms. The number of amides is 1. The molecule has 0 saturated carbocycles. The fourth-order valence-corrected chi connectivity index (χ4v) is 6.06. The Hall–Kier alpha value is -3.69. The van der Waals surface area contributed by atoms with E-state index in [1.807, 2.05) is 64.1 Å². The fraction of sp³-hybridized carbons (Fsp3) is 0.172. The number of aryl methyl sites for hydroxylation is 3. The maximum Gasteiger partial charge on any atom is 0.264 e. The third-order valence-corrected chi connectivity index (χ3v) is 8.38. The molecule has 3 aromatic carbocycles. The molecular formula is C29H29BrN4O3S. The van der Waals surface area contributed by atoms with Gasteiger partial charge in [-0.25, -0.2) is 13.8 Å². The van der Waals surface area contributed by atoms with Crippen LogP contribution in [0.4, 0.5) is 5.69 Å². The third kappa shape index (κ3) is 6.06. The number of halogens is 1. The minimum atomic E-state index is -3.99. The molecule has 4 aromatic rings. The number of rotatable bonds is 8. The molecule has 0 aliphatic rings. The van der Waals surface area contributed by atoms with E-state index >= 15 is 0 Å². The van der Waals surface area contributed by atoms with Crippen molar-refractivity contribution in [2.24, 2.45) is 5.10 Å². The molecule has 0 atom stereocenters. The molecule has 9 heteroatoms. The first-order chi connectivity index (χ1) is 18.1. The van der Waals surface area contributed by atoms with E-state index in [1.165, 1.54) is 12.1 Å². The summed E-state index contributed by atoms with van der Waals surface area (Å²) in [5.41, 5.74) is 8.55. The number of sulfonamides is 1. The lowest BCUT2D eigenvalue weighted by atomic mass is 10.1. The summed E-state index contributed by atoms with van der Waals surface area (Å²) >= 11 is 3.46. The van der Waals surface area contributed by atoms with Gasteiger partial charge in [0.1, 0.15) is 6.54 Å². The topological polar surface area (TPSA) is 83.8 Å². The number of carbonyl (C=O) groups is 1. The van der Waals surface area contributed by atoms with Gasteiger partial charge in [0.15, 0.2) is 0 Å². The van der Waals surface area contributed by atoms with Crippen LogP contribution in [0.25, 0.3) is 5.69 Å². The first kappa shape index (κ1) is 27.3. The summed E-state index contributed by atoms with van der Waals surface area (Å²) in [6, 6.07) is 23.5. The van der Waals surface area contributed by atoms with E-state index in [1.54, 1.807) is 36.5 Å². The molecule has 0 fully saturated rings. The van der Waals surface area contributed by atoms with E-state index in [4.69, 9.17) is 0 Å². The number of carbonyl (C=O) groups excluding carboxylic acids is 1. The zero-order valence-corrected chi connectivity index (χ0v) is 24.0. The Morgan fingerprint density at radius 2 is 1.58 bits per heavy atom. The van der Waals surface area contributed by atoms with Crippen LogP contribution in [0.2, 0.25) is 0 Å². The van der Waals surface area contributed by atoms with Crippen molar-refractivity contribution in [3.63, 3.8) is 0 Å². The Labute approximate surface area is 232 Å². The van der Waals surface area contributed by atoms with Crippen molar-refractivity contribution in [3.8, 4) is 5.69 Å². The number of hydrazone groups is 1. The molecule has 0 bridgehead atoms. The fourth-order valence-electron chi connectivity index (χ4n) is 4.37. The summed E-state index contributed by atoms with van der Waals surface area (Å²) in [6.07, 6.45) is 1.57. The van der Waals surface area contributed by atoms with Gasteiger partial charge in [-0.05, 0) is 93.4 Å². The lowest BCUT2D eigenvalue weighted by Gasteiger charge is -2.24. The predicted octanol–water partition coefficient (Wildman–Crippen LogP) is 5.82. The van der Waals surface area contributed by atoms with Crippen LogP contribution in [0.3, 0.4) is 0 Å². The molecule has 7 nitrogen and oxygen atoms in total. The van der Waals surface area contributed by atoms with Crippen LogP contribution in [-0.2, 0) is 14.8 Å². The van der Waals surface area contributed by atoms with Gasteiger partial charge in [0.05, 0.1) is 16.8 Å². The highest BCUT2D eigenvalue weighted by Crippen LogP contribution is 2.26. The second-order valence-corrected chi connectivity index (χ2v) is 11.9. The van der Waals surface area contributed by atoms with E-state index in [9.17, 15) is 13.2 Å². The summed E-state index contributed by atoms with van der Waals surface area (Å²) in [5.74, 6) is -0.554. The van der Waals surface area contributed by atoms with Crippen LogP contribution in [0.5, 0.6) is 0 Å². The van der Waals surface area contributed by atoms with Gasteiger partial charge < -0.3 is 4.57 Å². The normalized spacial score (nSPS) is 11.6. The molecule has 38 heavy (non-hydrogen) atoms. The summed E-state index contributed by atoms with van der Waals surface area (Å²) < 4.78 is 31.3.